The van der Waals surface area contributed by atoms with E-state index in [-0.39, 0.29) is 20.3 Å². The second-order valence-corrected chi connectivity index (χ2v) is 0.570. The largest absolute Gasteiger partial charge is 1.00 e. The molecule has 0 fully saturated rings. The first-order chi connectivity index (χ1) is 3.15. The third-order valence-corrected chi connectivity index (χ3v) is 0. The zero-order chi connectivity index (χ0) is 6.28. The molecule has 0 saturated carbocycles. The van der Waals surface area contributed by atoms with Gasteiger partial charge >= 0.3 is 26.2 Å². The first-order valence-corrected chi connectivity index (χ1v) is 1.50. The average molecular weight is 111 g/mol. The van der Waals surface area contributed by atoms with Gasteiger partial charge in [0.2, 0.25) is 0 Å². The minimum absolute atomic E-state index is 0. The third-order valence-electron chi connectivity index (χ3n) is 0. The summed E-state index contributed by atoms with van der Waals surface area (Å²) in [5, 5.41) is 28.8. The maximum atomic E-state index is 7.32. The van der Waals surface area contributed by atoms with Gasteiger partial charge in [-0.3, -0.25) is 0 Å². The van der Waals surface area contributed by atoms with Gasteiger partial charge in [-0.25, -0.2) is 0 Å². The van der Waals surface area contributed by atoms with Crippen molar-refractivity contribution in [2.24, 2.45) is 0 Å². The molecule has 0 aromatic rings. The van der Waals surface area contributed by atoms with Gasteiger partial charge in [0, 0.05) is 6.92 Å². The van der Waals surface area contributed by atoms with Gasteiger partial charge in [-0.2, -0.15) is 5.26 Å². The summed E-state index contributed by atoms with van der Waals surface area (Å²) >= 11 is 0. The minimum atomic E-state index is -2.17. The maximum absolute atomic E-state index is 7.32. The Kier molecular flexibility index (Phi) is 30.9. The Balaban J connectivity index is -0.0000000233. The van der Waals surface area contributed by atoms with Crippen molar-refractivity contribution in [3.05, 3.63) is 0 Å². The molecule has 0 aliphatic heterocycles. The summed E-state index contributed by atoms with van der Waals surface area (Å²) < 4.78 is 0. The van der Waals surface area contributed by atoms with Crippen molar-refractivity contribution in [2.45, 2.75) is 6.92 Å². The Bertz CT molecular complexity index is 64.6. The average Bonchev–Trinajstić information content (AvgIpc) is 1.33. The summed E-state index contributed by atoms with van der Waals surface area (Å²) in [6.07, 6.45) is 0. The molecular formula is C2H7BLiNO3. The molecule has 8 heavy (non-hydrogen) atoms. The molecule has 0 rings (SSSR count). The SMILES string of the molecule is CC#N.OB(O)O.[H-].[Li+]. The summed E-state index contributed by atoms with van der Waals surface area (Å²) in [4.78, 5) is 0. The van der Waals surface area contributed by atoms with Gasteiger partial charge in [0.05, 0.1) is 6.07 Å². The molecule has 0 atom stereocenters. The molecule has 0 amide bonds. The monoisotopic (exact) mass is 111 g/mol. The van der Waals surface area contributed by atoms with Crippen LogP contribution in [0.2, 0.25) is 0 Å². The Hall–Kier alpha value is 0.0323. The molecule has 0 aromatic carbocycles. The van der Waals surface area contributed by atoms with Crippen LogP contribution >= 0.6 is 0 Å². The van der Waals surface area contributed by atoms with E-state index in [4.69, 9.17) is 20.3 Å². The van der Waals surface area contributed by atoms with E-state index in [1.54, 1.807) is 6.07 Å². The smallest absolute Gasteiger partial charge is 1.00 e. The van der Waals surface area contributed by atoms with Gasteiger partial charge in [0.1, 0.15) is 0 Å². The van der Waals surface area contributed by atoms with Gasteiger partial charge in [-0.15, -0.1) is 0 Å². The fraction of sp³-hybridized carbons (Fsp3) is 0.500. The molecule has 0 aromatic heterocycles. The van der Waals surface area contributed by atoms with Crippen molar-refractivity contribution in [1.82, 2.24) is 0 Å². The van der Waals surface area contributed by atoms with E-state index in [1.807, 2.05) is 0 Å². The first kappa shape index (κ1) is 15.7. The summed E-state index contributed by atoms with van der Waals surface area (Å²) in [6, 6.07) is 1.75. The van der Waals surface area contributed by atoms with Crippen LogP contribution in [0.25, 0.3) is 0 Å². The Morgan fingerprint density at radius 1 is 1.50 bits per heavy atom. The number of nitriles is 1. The van der Waals surface area contributed by atoms with E-state index in [0.29, 0.717) is 0 Å². The van der Waals surface area contributed by atoms with Crippen LogP contribution in [0.15, 0.2) is 0 Å². The van der Waals surface area contributed by atoms with E-state index in [0.717, 1.165) is 0 Å². The van der Waals surface area contributed by atoms with E-state index in [9.17, 15) is 0 Å². The molecule has 4 nitrogen and oxygen atoms in total. The van der Waals surface area contributed by atoms with Crippen LogP contribution in [-0.2, 0) is 0 Å². The molecule has 3 N–H and O–H groups in total. The van der Waals surface area contributed by atoms with Crippen molar-refractivity contribution >= 4 is 7.32 Å². The van der Waals surface area contributed by atoms with Crippen LogP contribution in [0, 0.1) is 11.3 Å². The third kappa shape index (κ3) is 146000. The number of hydrogen-bond donors (Lipinski definition) is 3. The first-order valence-electron chi connectivity index (χ1n) is 1.50. The predicted molar refractivity (Wildman–Crippen MR) is 24.8 cm³/mol. The number of nitrogens with zero attached hydrogens (tertiary/aromatic N) is 1. The van der Waals surface area contributed by atoms with Crippen LogP contribution in [0.1, 0.15) is 8.35 Å². The normalized spacial score (nSPS) is 4.38. The predicted octanol–water partition coefficient (Wildman–Crippen LogP) is -4.41. The number of hydrogen-bond acceptors (Lipinski definition) is 4. The fourth-order valence-electron chi connectivity index (χ4n) is 0. The number of rotatable bonds is 0. The van der Waals surface area contributed by atoms with Gasteiger partial charge < -0.3 is 16.5 Å². The zero-order valence-corrected chi connectivity index (χ0v) is 4.87. The van der Waals surface area contributed by atoms with Crippen molar-refractivity contribution in [3.8, 4) is 6.07 Å². The van der Waals surface area contributed by atoms with Crippen molar-refractivity contribution in [1.29, 1.82) is 5.26 Å². The second-order valence-electron chi connectivity index (χ2n) is 0.570. The Morgan fingerprint density at radius 2 is 1.50 bits per heavy atom. The van der Waals surface area contributed by atoms with Gasteiger partial charge in [-0.05, 0) is 0 Å². The quantitative estimate of drug-likeness (QED) is 0.275. The molecule has 6 heteroatoms. The Labute approximate surface area is 61.6 Å². The van der Waals surface area contributed by atoms with Gasteiger partial charge in [-0.1, -0.05) is 0 Å². The molecule has 0 spiro atoms. The Morgan fingerprint density at radius 3 is 1.50 bits per heavy atom. The molecule has 42 valence electrons. The summed E-state index contributed by atoms with van der Waals surface area (Å²) in [5.74, 6) is 0. The van der Waals surface area contributed by atoms with Crippen molar-refractivity contribution < 1.29 is 35.4 Å². The summed E-state index contributed by atoms with van der Waals surface area (Å²) in [6.45, 7) is 1.43. The van der Waals surface area contributed by atoms with Crippen molar-refractivity contribution in [2.75, 3.05) is 0 Å². The van der Waals surface area contributed by atoms with E-state index < -0.39 is 7.32 Å². The molecule has 0 heterocycles. The molecule has 0 saturated heterocycles. The second kappa shape index (κ2) is 15.7. The molecule has 0 aliphatic rings. The molecule has 0 aliphatic carbocycles. The van der Waals surface area contributed by atoms with E-state index >= 15 is 0 Å². The molecule has 0 radical (unpaired) electrons. The maximum Gasteiger partial charge on any atom is 1.00 e. The molecule has 0 bridgehead atoms. The molecular weight excluding hydrogens is 104 g/mol. The van der Waals surface area contributed by atoms with Gasteiger partial charge in [0.25, 0.3) is 0 Å². The zero-order valence-electron chi connectivity index (χ0n) is 5.87. The standard InChI is InChI=1S/C2H3N.BH3O3.Li.H/c1-2-3;2-1(3)4;;/h1H3;2-4H;;/q;;+1;-1. The summed E-state index contributed by atoms with van der Waals surface area (Å²) in [5.41, 5.74) is 0. The van der Waals surface area contributed by atoms with E-state index in [1.165, 1.54) is 6.92 Å². The molecule has 0 unspecified atom stereocenters. The van der Waals surface area contributed by atoms with Crippen LogP contribution in [-0.4, -0.2) is 22.4 Å². The van der Waals surface area contributed by atoms with E-state index in [2.05, 4.69) is 0 Å². The van der Waals surface area contributed by atoms with Crippen LogP contribution in [0.4, 0.5) is 0 Å². The van der Waals surface area contributed by atoms with Crippen LogP contribution in [0.5, 0.6) is 0 Å². The topological polar surface area (TPSA) is 84.5 Å². The van der Waals surface area contributed by atoms with Crippen LogP contribution in [0.3, 0.4) is 0 Å². The van der Waals surface area contributed by atoms with Crippen molar-refractivity contribution in [3.63, 3.8) is 0 Å². The fourth-order valence-corrected chi connectivity index (χ4v) is 0. The van der Waals surface area contributed by atoms with Gasteiger partial charge in [0.15, 0.2) is 0 Å². The van der Waals surface area contributed by atoms with Crippen LogP contribution < -0.4 is 18.9 Å². The minimum Gasteiger partial charge on any atom is -1.00 e. The summed E-state index contributed by atoms with van der Waals surface area (Å²) in [7, 11) is -2.17.